The Labute approximate surface area is 161 Å². The van der Waals surface area contributed by atoms with E-state index in [4.69, 9.17) is 16.3 Å². The maximum Gasteiger partial charge on any atom is 0.230 e. The van der Waals surface area contributed by atoms with E-state index in [0.29, 0.717) is 15.8 Å². The summed E-state index contributed by atoms with van der Waals surface area (Å²) >= 11 is 7.72. The number of thiazole rings is 1. The predicted octanol–water partition coefficient (Wildman–Crippen LogP) is 3.66. The van der Waals surface area contributed by atoms with Crippen LogP contribution in [0.2, 0.25) is 5.02 Å². The van der Waals surface area contributed by atoms with Gasteiger partial charge in [0.25, 0.3) is 0 Å². The van der Waals surface area contributed by atoms with Crippen LogP contribution >= 0.6 is 22.9 Å². The van der Waals surface area contributed by atoms with E-state index in [-0.39, 0.29) is 24.1 Å². The van der Waals surface area contributed by atoms with E-state index in [1.165, 1.54) is 15.9 Å². The smallest absolute Gasteiger partial charge is 0.230 e. The van der Waals surface area contributed by atoms with E-state index >= 15 is 0 Å². The normalized spacial score (nSPS) is 22.8. The molecule has 2 aromatic heterocycles. The zero-order valence-electron chi connectivity index (χ0n) is 14.9. The Morgan fingerprint density at radius 3 is 2.69 bits per heavy atom. The van der Waals surface area contributed by atoms with E-state index in [9.17, 15) is 5.11 Å². The number of ether oxygens (including phenoxy) is 1. The third kappa shape index (κ3) is 3.20. The van der Waals surface area contributed by atoms with Gasteiger partial charge in [-0.2, -0.15) is 4.52 Å². The molecule has 0 aliphatic carbocycles. The average Bonchev–Trinajstić information content (AvgIpc) is 3.05. The average molecular weight is 393 g/mol. The molecule has 1 aliphatic heterocycles. The molecule has 26 heavy (non-hydrogen) atoms. The van der Waals surface area contributed by atoms with Crippen molar-refractivity contribution in [3.8, 4) is 5.88 Å². The topological polar surface area (TPSA) is 62.9 Å². The molecule has 3 heterocycles. The van der Waals surface area contributed by atoms with Gasteiger partial charge in [0.05, 0.1) is 23.1 Å². The van der Waals surface area contributed by atoms with Crippen molar-refractivity contribution >= 4 is 27.9 Å². The fraction of sp³-hybridized carbons (Fsp3) is 0.444. The number of rotatable bonds is 3. The van der Waals surface area contributed by atoms with Gasteiger partial charge in [0.15, 0.2) is 0 Å². The summed E-state index contributed by atoms with van der Waals surface area (Å²) in [5.41, 5.74) is 1.04. The fourth-order valence-corrected chi connectivity index (χ4v) is 5.02. The Balaban J connectivity index is 1.84. The number of fused-ring (bicyclic) bond motifs is 1. The molecule has 0 radical (unpaired) electrons. The molecule has 0 spiro atoms. The van der Waals surface area contributed by atoms with Gasteiger partial charge in [0.2, 0.25) is 10.8 Å². The number of aryl methyl sites for hydroxylation is 1. The molecule has 3 atom stereocenters. The van der Waals surface area contributed by atoms with Crippen LogP contribution in [0, 0.1) is 6.92 Å². The summed E-state index contributed by atoms with van der Waals surface area (Å²) in [6.07, 6.45) is 0.235. The lowest BCUT2D eigenvalue weighted by molar-refractivity contribution is -0.0764. The van der Waals surface area contributed by atoms with Gasteiger partial charge in [-0.05, 0) is 38.5 Å². The summed E-state index contributed by atoms with van der Waals surface area (Å²) < 4.78 is 7.41. The van der Waals surface area contributed by atoms with Gasteiger partial charge in [-0.15, -0.1) is 5.10 Å². The van der Waals surface area contributed by atoms with Gasteiger partial charge in [0.1, 0.15) is 5.82 Å². The molecule has 0 bridgehead atoms. The molecular weight excluding hydrogens is 372 g/mol. The molecule has 8 heteroatoms. The summed E-state index contributed by atoms with van der Waals surface area (Å²) in [5.74, 6) is 0.786. The fourth-order valence-electron chi connectivity index (χ4n) is 3.66. The molecule has 3 unspecified atom stereocenters. The van der Waals surface area contributed by atoms with Crippen LogP contribution in [0.3, 0.4) is 0 Å². The summed E-state index contributed by atoms with van der Waals surface area (Å²) in [6.45, 7) is 7.51. The quantitative estimate of drug-likeness (QED) is 0.737. The van der Waals surface area contributed by atoms with Crippen LogP contribution in [0.25, 0.3) is 4.96 Å². The first-order valence-electron chi connectivity index (χ1n) is 8.62. The van der Waals surface area contributed by atoms with Crippen molar-refractivity contribution in [3.63, 3.8) is 0 Å². The molecule has 1 saturated heterocycles. The standard InChI is InChI=1S/C18H21ClN4O2S/c1-10-8-22(9-11(2)25-10)15(13-5-4-6-14(19)7-13)16-17(24)23-18(26-16)20-12(3)21-23/h4-7,10-11,15,24H,8-9H2,1-3H3. The Kier molecular flexibility index (Phi) is 4.64. The van der Waals surface area contributed by atoms with Gasteiger partial charge >= 0.3 is 0 Å². The van der Waals surface area contributed by atoms with Crippen molar-refractivity contribution in [2.24, 2.45) is 0 Å². The van der Waals surface area contributed by atoms with E-state index in [2.05, 4.69) is 28.8 Å². The van der Waals surface area contributed by atoms with Gasteiger partial charge in [-0.3, -0.25) is 4.90 Å². The zero-order chi connectivity index (χ0) is 18.4. The highest BCUT2D eigenvalue weighted by Crippen LogP contribution is 2.41. The van der Waals surface area contributed by atoms with Crippen molar-refractivity contribution in [2.75, 3.05) is 13.1 Å². The maximum absolute atomic E-state index is 10.8. The number of benzene rings is 1. The molecule has 138 valence electrons. The molecule has 1 aliphatic rings. The first-order chi connectivity index (χ1) is 12.4. The van der Waals surface area contributed by atoms with Gasteiger partial charge in [-0.25, -0.2) is 4.98 Å². The minimum atomic E-state index is -0.128. The van der Waals surface area contributed by atoms with Crippen LogP contribution in [0.5, 0.6) is 5.88 Å². The predicted molar refractivity (Wildman–Crippen MR) is 102 cm³/mol. The zero-order valence-corrected chi connectivity index (χ0v) is 16.5. The second-order valence-corrected chi connectivity index (χ2v) is 8.26. The van der Waals surface area contributed by atoms with Gasteiger partial charge in [0, 0.05) is 18.1 Å². The number of morpholine rings is 1. The number of nitrogens with zero attached hydrogens (tertiary/aromatic N) is 4. The van der Waals surface area contributed by atoms with Gasteiger partial charge < -0.3 is 9.84 Å². The highest BCUT2D eigenvalue weighted by atomic mass is 35.5. The minimum Gasteiger partial charge on any atom is -0.492 e. The van der Waals surface area contributed by atoms with E-state index in [1.54, 1.807) is 0 Å². The number of halogens is 1. The highest BCUT2D eigenvalue weighted by Gasteiger charge is 2.34. The molecular formula is C18H21ClN4O2S. The van der Waals surface area contributed by atoms with Crippen molar-refractivity contribution in [2.45, 2.75) is 39.0 Å². The minimum absolute atomic E-state index is 0.118. The van der Waals surface area contributed by atoms with Crippen molar-refractivity contribution in [1.82, 2.24) is 19.5 Å². The van der Waals surface area contributed by atoms with Crippen LogP contribution in [0.4, 0.5) is 0 Å². The third-order valence-electron chi connectivity index (χ3n) is 4.53. The molecule has 0 amide bonds. The van der Waals surface area contributed by atoms with E-state index in [1.807, 2.05) is 31.2 Å². The number of aromatic hydroxyl groups is 1. The number of aromatic nitrogens is 3. The molecule has 0 saturated carbocycles. The molecule has 1 aromatic carbocycles. The van der Waals surface area contributed by atoms with Crippen LogP contribution in [-0.4, -0.2) is 49.9 Å². The van der Waals surface area contributed by atoms with E-state index in [0.717, 1.165) is 23.5 Å². The van der Waals surface area contributed by atoms with Crippen molar-refractivity contribution in [3.05, 3.63) is 45.6 Å². The lowest BCUT2D eigenvalue weighted by Crippen LogP contribution is -2.47. The van der Waals surface area contributed by atoms with Crippen LogP contribution in [0.15, 0.2) is 24.3 Å². The summed E-state index contributed by atoms with van der Waals surface area (Å²) in [7, 11) is 0. The Bertz CT molecular complexity index is 931. The van der Waals surface area contributed by atoms with Crippen LogP contribution < -0.4 is 0 Å². The molecule has 1 fully saturated rings. The monoisotopic (exact) mass is 392 g/mol. The van der Waals surface area contributed by atoms with Crippen molar-refractivity contribution in [1.29, 1.82) is 0 Å². The van der Waals surface area contributed by atoms with E-state index < -0.39 is 0 Å². The molecule has 1 N–H and O–H groups in total. The third-order valence-corrected chi connectivity index (χ3v) is 5.84. The maximum atomic E-state index is 10.8. The second-order valence-electron chi connectivity index (χ2n) is 6.81. The Morgan fingerprint density at radius 2 is 2.04 bits per heavy atom. The highest BCUT2D eigenvalue weighted by molar-refractivity contribution is 7.17. The van der Waals surface area contributed by atoms with Gasteiger partial charge in [-0.1, -0.05) is 35.1 Å². The van der Waals surface area contributed by atoms with Crippen LogP contribution in [0.1, 0.15) is 36.2 Å². The molecule has 3 aromatic rings. The van der Waals surface area contributed by atoms with Crippen LogP contribution in [-0.2, 0) is 4.74 Å². The number of hydrogen-bond donors (Lipinski definition) is 1. The first-order valence-corrected chi connectivity index (χ1v) is 9.82. The number of hydrogen-bond acceptors (Lipinski definition) is 6. The first kappa shape index (κ1) is 17.7. The molecule has 4 rings (SSSR count). The second kappa shape index (κ2) is 6.81. The lowest BCUT2D eigenvalue weighted by atomic mass is 10.0. The Hall–Kier alpha value is -1.67. The Morgan fingerprint density at radius 1 is 1.31 bits per heavy atom. The summed E-state index contributed by atoms with van der Waals surface area (Å²) in [5, 5.41) is 15.8. The largest absolute Gasteiger partial charge is 0.492 e. The SMILES string of the molecule is Cc1nc2sc(C(c3cccc(Cl)c3)N3CC(C)OC(C)C3)c(O)n2n1. The molecule has 6 nitrogen and oxygen atoms in total. The van der Waals surface area contributed by atoms with Crippen molar-refractivity contribution < 1.29 is 9.84 Å². The summed E-state index contributed by atoms with van der Waals surface area (Å²) in [4.78, 5) is 8.25. The summed E-state index contributed by atoms with van der Waals surface area (Å²) in [6, 6.07) is 7.67. The lowest BCUT2D eigenvalue weighted by Gasteiger charge is -2.40.